The molecule has 0 atom stereocenters. The quantitative estimate of drug-likeness (QED) is 0.528. The molecule has 0 saturated carbocycles. The Kier molecular flexibility index (Phi) is 5.12. The highest BCUT2D eigenvalue weighted by Gasteiger charge is 2.08. The molecule has 0 aliphatic rings. The molecule has 122 valence electrons. The Morgan fingerprint density at radius 3 is 2.92 bits per heavy atom. The molecule has 3 aromatic rings. The van der Waals surface area contributed by atoms with Crippen LogP contribution < -0.4 is 0 Å². The zero-order valence-electron chi connectivity index (χ0n) is 12.8. The number of carbonyl (C=O) groups is 1. The molecule has 0 bridgehead atoms. The van der Waals surface area contributed by atoms with Crippen LogP contribution in [0.5, 0.6) is 0 Å². The van der Waals surface area contributed by atoms with Gasteiger partial charge in [-0.15, -0.1) is 11.3 Å². The molecule has 0 radical (unpaired) electrons. The third-order valence-electron chi connectivity index (χ3n) is 3.12. The number of hydrogen-bond acceptors (Lipinski definition) is 6. The van der Waals surface area contributed by atoms with Crippen molar-refractivity contribution in [2.45, 2.75) is 16.7 Å². The second-order valence-electron chi connectivity index (χ2n) is 5.02. The number of hydrogen-bond donors (Lipinski definition) is 1. The van der Waals surface area contributed by atoms with Gasteiger partial charge < -0.3 is 9.94 Å². The predicted molar refractivity (Wildman–Crippen MR) is 96.1 cm³/mol. The van der Waals surface area contributed by atoms with Crippen molar-refractivity contribution in [1.29, 1.82) is 0 Å². The molecule has 3 rings (SSSR count). The van der Waals surface area contributed by atoms with Crippen molar-refractivity contribution < 1.29 is 14.7 Å². The zero-order valence-corrected chi connectivity index (χ0v) is 14.4. The Hall–Kier alpha value is -2.38. The molecule has 0 aliphatic carbocycles. The maximum atomic E-state index is 10.4. The molecule has 0 unspecified atom stereocenters. The van der Waals surface area contributed by atoms with Crippen molar-refractivity contribution in [3.8, 4) is 0 Å². The fraction of sp³-hybridized carbons (Fsp3) is 0.118. The summed E-state index contributed by atoms with van der Waals surface area (Å²) < 4.78 is 1.05. The molecule has 0 aliphatic heterocycles. The highest BCUT2D eigenvalue weighted by atomic mass is 32.2. The molecule has 0 fully saturated rings. The fourth-order valence-corrected chi connectivity index (χ4v) is 3.92. The molecule has 24 heavy (non-hydrogen) atoms. The lowest BCUT2D eigenvalue weighted by atomic mass is 10.2. The van der Waals surface area contributed by atoms with Crippen LogP contribution in [0.15, 0.2) is 57.7 Å². The van der Waals surface area contributed by atoms with Crippen LogP contribution in [0.1, 0.15) is 10.4 Å². The second-order valence-corrected chi connectivity index (χ2v) is 7.25. The van der Waals surface area contributed by atoms with E-state index in [1.807, 2.05) is 18.5 Å². The minimum atomic E-state index is -1.05. The average Bonchev–Trinajstić information content (AvgIpc) is 2.98. The number of pyridine rings is 1. The molecule has 5 nitrogen and oxygen atoms in total. The number of nitrogens with zero attached hydrogens (tertiary/aromatic N) is 2. The van der Waals surface area contributed by atoms with Crippen LogP contribution in [0.25, 0.3) is 10.1 Å². The van der Waals surface area contributed by atoms with Crippen LogP contribution in [0.4, 0.5) is 0 Å². The smallest absolute Gasteiger partial charge is 0.344 e. The van der Waals surface area contributed by atoms with Gasteiger partial charge in [0, 0.05) is 27.6 Å². The molecule has 7 heteroatoms. The standard InChI is InChI=1S/C17H14N2O3S2/c1-11-2-4-12(5-3-11)23-15-8-18-9-16-14(15)6-13(24-16)7-19-22-10-17(20)21/h2-9H,10H2,1H3,(H,20,21). The van der Waals surface area contributed by atoms with Crippen LogP contribution >= 0.6 is 23.1 Å². The first-order valence-electron chi connectivity index (χ1n) is 7.11. The van der Waals surface area contributed by atoms with Gasteiger partial charge in [-0.2, -0.15) is 0 Å². The largest absolute Gasteiger partial charge is 0.479 e. The van der Waals surface area contributed by atoms with Crippen molar-refractivity contribution in [3.05, 3.63) is 53.2 Å². The van der Waals surface area contributed by atoms with Crippen molar-refractivity contribution in [2.75, 3.05) is 6.61 Å². The lowest BCUT2D eigenvalue weighted by Crippen LogP contribution is -2.03. The maximum absolute atomic E-state index is 10.4. The van der Waals surface area contributed by atoms with Crippen LogP contribution in [0, 0.1) is 6.92 Å². The van der Waals surface area contributed by atoms with Gasteiger partial charge in [-0.3, -0.25) is 4.98 Å². The lowest BCUT2D eigenvalue weighted by molar-refractivity contribution is -0.142. The number of fused-ring (bicyclic) bond motifs is 1. The normalized spacial score (nSPS) is 11.2. The van der Waals surface area contributed by atoms with Gasteiger partial charge in [-0.25, -0.2) is 4.79 Å². The number of aryl methyl sites for hydroxylation is 1. The minimum absolute atomic E-state index is 0.447. The van der Waals surface area contributed by atoms with Crippen LogP contribution in [-0.2, 0) is 9.63 Å². The molecular formula is C17H14N2O3S2. The number of benzene rings is 1. The summed E-state index contributed by atoms with van der Waals surface area (Å²) in [5, 5.41) is 13.3. The summed E-state index contributed by atoms with van der Waals surface area (Å²) >= 11 is 3.19. The summed E-state index contributed by atoms with van der Waals surface area (Å²) in [7, 11) is 0. The molecule has 2 heterocycles. The van der Waals surface area contributed by atoms with E-state index in [1.165, 1.54) is 23.1 Å². The lowest BCUT2D eigenvalue weighted by Gasteiger charge is -2.03. The number of oxime groups is 1. The number of aromatic nitrogens is 1. The predicted octanol–water partition coefficient (Wildman–Crippen LogP) is 4.19. The SMILES string of the molecule is Cc1ccc(Sc2cncc3sc(C=NOCC(=O)O)cc23)cc1. The fourth-order valence-electron chi connectivity index (χ4n) is 2.02. The number of carboxylic acids is 1. The average molecular weight is 358 g/mol. The van der Waals surface area contributed by atoms with Gasteiger partial charge in [-0.05, 0) is 25.1 Å². The van der Waals surface area contributed by atoms with Gasteiger partial charge in [0.1, 0.15) is 0 Å². The second kappa shape index (κ2) is 7.46. The Labute approximate surface area is 147 Å². The van der Waals surface area contributed by atoms with E-state index < -0.39 is 12.6 Å². The third-order valence-corrected chi connectivity index (χ3v) is 5.18. The summed E-state index contributed by atoms with van der Waals surface area (Å²) in [5.74, 6) is -1.05. The van der Waals surface area contributed by atoms with Crippen LogP contribution in [-0.4, -0.2) is 28.9 Å². The van der Waals surface area contributed by atoms with Crippen LogP contribution in [0.2, 0.25) is 0 Å². The monoisotopic (exact) mass is 358 g/mol. The zero-order chi connectivity index (χ0) is 16.9. The molecular weight excluding hydrogens is 344 g/mol. The molecule has 0 amide bonds. The van der Waals surface area contributed by atoms with E-state index in [2.05, 4.69) is 46.2 Å². The highest BCUT2D eigenvalue weighted by Crippen LogP contribution is 2.36. The molecule has 2 aromatic heterocycles. The third kappa shape index (κ3) is 4.12. The summed E-state index contributed by atoms with van der Waals surface area (Å²) in [5.41, 5.74) is 1.23. The van der Waals surface area contributed by atoms with E-state index in [9.17, 15) is 4.79 Å². The van der Waals surface area contributed by atoms with Gasteiger partial charge in [0.15, 0.2) is 0 Å². The van der Waals surface area contributed by atoms with Gasteiger partial charge in [0.05, 0.1) is 15.8 Å². The maximum Gasteiger partial charge on any atom is 0.344 e. The van der Waals surface area contributed by atoms with Crippen molar-refractivity contribution >= 4 is 45.4 Å². The number of thiophene rings is 1. The first-order chi connectivity index (χ1) is 11.6. The van der Waals surface area contributed by atoms with E-state index in [0.717, 1.165) is 24.8 Å². The van der Waals surface area contributed by atoms with Gasteiger partial charge in [0.25, 0.3) is 0 Å². The van der Waals surface area contributed by atoms with Crippen LogP contribution in [0.3, 0.4) is 0 Å². The van der Waals surface area contributed by atoms with Crippen molar-refractivity contribution in [2.24, 2.45) is 5.16 Å². The van der Waals surface area contributed by atoms with E-state index in [1.54, 1.807) is 11.8 Å². The van der Waals surface area contributed by atoms with E-state index in [-0.39, 0.29) is 0 Å². The summed E-state index contributed by atoms with van der Waals surface area (Å²) in [6, 6.07) is 10.4. The Balaban J connectivity index is 1.81. The molecule has 0 spiro atoms. The molecule has 1 N–H and O–H groups in total. The highest BCUT2D eigenvalue weighted by molar-refractivity contribution is 7.99. The van der Waals surface area contributed by atoms with Crippen molar-refractivity contribution in [3.63, 3.8) is 0 Å². The Morgan fingerprint density at radius 2 is 2.17 bits per heavy atom. The van der Waals surface area contributed by atoms with E-state index in [4.69, 9.17) is 5.11 Å². The van der Waals surface area contributed by atoms with E-state index >= 15 is 0 Å². The minimum Gasteiger partial charge on any atom is -0.479 e. The summed E-state index contributed by atoms with van der Waals surface area (Å²) in [6.45, 7) is 1.62. The topological polar surface area (TPSA) is 71.8 Å². The molecule has 1 aromatic carbocycles. The van der Waals surface area contributed by atoms with Gasteiger partial charge in [0.2, 0.25) is 6.61 Å². The summed E-state index contributed by atoms with van der Waals surface area (Å²) in [6.07, 6.45) is 5.18. The first kappa shape index (κ1) is 16.5. The van der Waals surface area contributed by atoms with Gasteiger partial charge >= 0.3 is 5.97 Å². The van der Waals surface area contributed by atoms with Gasteiger partial charge in [-0.1, -0.05) is 34.6 Å². The Morgan fingerprint density at radius 1 is 1.38 bits per heavy atom. The number of aliphatic carboxylic acids is 1. The number of carboxylic acid groups (broad SMARTS) is 1. The molecule has 0 saturated heterocycles. The Bertz CT molecular complexity index is 888. The summed E-state index contributed by atoms with van der Waals surface area (Å²) in [4.78, 5) is 22.5. The first-order valence-corrected chi connectivity index (χ1v) is 8.74. The van der Waals surface area contributed by atoms with E-state index in [0.29, 0.717) is 0 Å². The van der Waals surface area contributed by atoms with Crippen molar-refractivity contribution in [1.82, 2.24) is 4.98 Å². The number of rotatable bonds is 6.